The second kappa shape index (κ2) is 5.35. The van der Waals surface area contributed by atoms with E-state index in [0.29, 0.717) is 13.3 Å². The molecule has 18 heavy (non-hydrogen) atoms. The van der Waals surface area contributed by atoms with Crippen molar-refractivity contribution >= 4 is 5.69 Å². The highest BCUT2D eigenvalue weighted by atomic mass is 16.5. The van der Waals surface area contributed by atoms with E-state index in [2.05, 4.69) is 5.32 Å². The largest absolute Gasteiger partial charge is 0.494 e. The molecule has 1 aromatic carbocycles. The van der Waals surface area contributed by atoms with Crippen molar-refractivity contribution in [2.24, 2.45) is 0 Å². The summed E-state index contributed by atoms with van der Waals surface area (Å²) in [6.45, 7) is 2.86. The number of hydrogen-bond acceptors (Lipinski definition) is 4. The molecule has 1 heterocycles. The van der Waals surface area contributed by atoms with Crippen LogP contribution in [0.2, 0.25) is 0 Å². The molecule has 0 atom stereocenters. The molecule has 0 unspecified atom stereocenters. The SMILES string of the molecule is CCOc1ccc(NCn2c(O)ccc2O)cc1. The third kappa shape index (κ3) is 2.68. The van der Waals surface area contributed by atoms with E-state index in [1.807, 2.05) is 31.2 Å². The summed E-state index contributed by atoms with van der Waals surface area (Å²) in [4.78, 5) is 0. The molecule has 0 saturated carbocycles. The Bertz CT molecular complexity index is 486. The van der Waals surface area contributed by atoms with Crippen molar-refractivity contribution in [3.8, 4) is 17.5 Å². The lowest BCUT2D eigenvalue weighted by Crippen LogP contribution is -2.06. The first-order chi connectivity index (χ1) is 8.70. The minimum atomic E-state index is 0.0194. The zero-order valence-corrected chi connectivity index (χ0v) is 10.1. The van der Waals surface area contributed by atoms with Crippen molar-refractivity contribution in [1.82, 2.24) is 4.57 Å². The Kier molecular flexibility index (Phi) is 3.62. The monoisotopic (exact) mass is 248 g/mol. The summed E-state index contributed by atoms with van der Waals surface area (Å²) in [5.41, 5.74) is 0.881. The van der Waals surface area contributed by atoms with Gasteiger partial charge in [-0.3, -0.25) is 4.57 Å². The summed E-state index contributed by atoms with van der Waals surface area (Å²) >= 11 is 0. The standard InChI is InChI=1S/C13H16N2O3/c1-2-18-11-5-3-10(4-6-11)14-9-15-12(16)7-8-13(15)17/h3-8,14,16-17H,2,9H2,1H3. The number of nitrogens with one attached hydrogen (secondary N) is 1. The van der Waals surface area contributed by atoms with Crippen molar-refractivity contribution in [2.45, 2.75) is 13.6 Å². The van der Waals surface area contributed by atoms with Gasteiger partial charge in [0.05, 0.1) is 13.3 Å². The van der Waals surface area contributed by atoms with E-state index in [4.69, 9.17) is 4.74 Å². The molecule has 5 nitrogen and oxygen atoms in total. The fourth-order valence-electron chi connectivity index (χ4n) is 1.61. The summed E-state index contributed by atoms with van der Waals surface area (Å²) in [7, 11) is 0. The predicted molar refractivity (Wildman–Crippen MR) is 69.0 cm³/mol. The maximum absolute atomic E-state index is 9.47. The van der Waals surface area contributed by atoms with Gasteiger partial charge in [-0.2, -0.15) is 0 Å². The highest BCUT2D eigenvalue weighted by Gasteiger charge is 2.04. The van der Waals surface area contributed by atoms with Gasteiger partial charge in [-0.25, -0.2) is 0 Å². The van der Waals surface area contributed by atoms with Crippen LogP contribution in [0.1, 0.15) is 6.92 Å². The lowest BCUT2D eigenvalue weighted by molar-refractivity contribution is 0.340. The number of aromatic hydroxyl groups is 2. The van der Waals surface area contributed by atoms with Crippen LogP contribution in [0.15, 0.2) is 36.4 Å². The van der Waals surface area contributed by atoms with E-state index < -0.39 is 0 Å². The van der Waals surface area contributed by atoms with E-state index in [1.54, 1.807) is 0 Å². The van der Waals surface area contributed by atoms with E-state index in [0.717, 1.165) is 11.4 Å². The molecule has 0 radical (unpaired) electrons. The molecule has 3 N–H and O–H groups in total. The van der Waals surface area contributed by atoms with E-state index >= 15 is 0 Å². The Hall–Kier alpha value is -2.30. The Morgan fingerprint density at radius 3 is 2.22 bits per heavy atom. The number of nitrogens with zero attached hydrogens (tertiary/aromatic N) is 1. The number of rotatable bonds is 5. The molecule has 2 rings (SSSR count). The van der Waals surface area contributed by atoms with Crippen LogP contribution in [-0.4, -0.2) is 21.4 Å². The summed E-state index contributed by atoms with van der Waals surface area (Å²) < 4.78 is 6.69. The zero-order chi connectivity index (χ0) is 13.0. The van der Waals surface area contributed by atoms with Crippen LogP contribution in [0, 0.1) is 0 Å². The molecule has 0 spiro atoms. The average molecular weight is 248 g/mol. The quantitative estimate of drug-likeness (QED) is 0.760. The third-order valence-corrected chi connectivity index (χ3v) is 2.54. The number of anilines is 1. The smallest absolute Gasteiger partial charge is 0.195 e. The topological polar surface area (TPSA) is 66.7 Å². The molecule has 96 valence electrons. The second-order valence-electron chi connectivity index (χ2n) is 3.77. The molecule has 0 amide bonds. The third-order valence-electron chi connectivity index (χ3n) is 2.54. The normalized spacial score (nSPS) is 10.3. The molecule has 0 aliphatic heterocycles. The Balaban J connectivity index is 1.98. The number of benzene rings is 1. The number of ether oxygens (including phenoxy) is 1. The van der Waals surface area contributed by atoms with Crippen molar-refractivity contribution in [2.75, 3.05) is 11.9 Å². The summed E-state index contributed by atoms with van der Waals surface area (Å²) in [5, 5.41) is 22.0. The van der Waals surface area contributed by atoms with Crippen molar-refractivity contribution < 1.29 is 14.9 Å². The maximum atomic E-state index is 9.47. The maximum Gasteiger partial charge on any atom is 0.195 e. The van der Waals surface area contributed by atoms with Crippen LogP contribution in [0.25, 0.3) is 0 Å². The summed E-state index contributed by atoms with van der Waals surface area (Å²) in [6, 6.07) is 10.4. The molecule has 0 aliphatic carbocycles. The van der Waals surface area contributed by atoms with Gasteiger partial charge in [-0.1, -0.05) is 0 Å². The lowest BCUT2D eigenvalue weighted by atomic mass is 10.3. The van der Waals surface area contributed by atoms with Crippen molar-refractivity contribution in [1.29, 1.82) is 0 Å². The molecule has 0 saturated heterocycles. The predicted octanol–water partition coefficient (Wildman–Crippen LogP) is 2.37. The van der Waals surface area contributed by atoms with Gasteiger partial charge in [0.15, 0.2) is 11.8 Å². The Morgan fingerprint density at radius 2 is 1.67 bits per heavy atom. The molecular formula is C13H16N2O3. The van der Waals surface area contributed by atoms with E-state index in [1.165, 1.54) is 16.7 Å². The van der Waals surface area contributed by atoms with Crippen LogP contribution in [0.4, 0.5) is 5.69 Å². The van der Waals surface area contributed by atoms with Gasteiger partial charge in [0.25, 0.3) is 0 Å². The summed E-state index contributed by atoms with van der Waals surface area (Å²) in [5.74, 6) is 0.853. The van der Waals surface area contributed by atoms with E-state index in [9.17, 15) is 10.2 Å². The first-order valence-electron chi connectivity index (χ1n) is 5.75. The second-order valence-corrected chi connectivity index (χ2v) is 3.77. The van der Waals surface area contributed by atoms with Crippen LogP contribution >= 0.6 is 0 Å². The molecule has 0 aliphatic rings. The van der Waals surface area contributed by atoms with Gasteiger partial charge in [0.1, 0.15) is 5.75 Å². The molecule has 5 heteroatoms. The van der Waals surface area contributed by atoms with Crippen LogP contribution in [0.5, 0.6) is 17.5 Å². The van der Waals surface area contributed by atoms with Gasteiger partial charge in [0.2, 0.25) is 0 Å². The highest BCUT2D eigenvalue weighted by molar-refractivity contribution is 5.46. The lowest BCUT2D eigenvalue weighted by Gasteiger charge is -2.10. The van der Waals surface area contributed by atoms with Crippen LogP contribution < -0.4 is 10.1 Å². The first kappa shape index (κ1) is 12.2. The molecular weight excluding hydrogens is 232 g/mol. The zero-order valence-electron chi connectivity index (χ0n) is 10.1. The molecule has 0 bridgehead atoms. The van der Waals surface area contributed by atoms with Crippen LogP contribution in [0.3, 0.4) is 0 Å². The average Bonchev–Trinajstić information content (AvgIpc) is 2.69. The van der Waals surface area contributed by atoms with Gasteiger partial charge < -0.3 is 20.3 Å². The molecule has 0 fully saturated rings. The van der Waals surface area contributed by atoms with Gasteiger partial charge in [-0.15, -0.1) is 0 Å². The van der Waals surface area contributed by atoms with Crippen molar-refractivity contribution in [3.05, 3.63) is 36.4 Å². The fraction of sp³-hybridized carbons (Fsp3) is 0.231. The molecule has 2 aromatic rings. The minimum Gasteiger partial charge on any atom is -0.494 e. The van der Waals surface area contributed by atoms with E-state index in [-0.39, 0.29) is 11.8 Å². The fourth-order valence-corrected chi connectivity index (χ4v) is 1.61. The Morgan fingerprint density at radius 1 is 1.06 bits per heavy atom. The summed E-state index contributed by atoms with van der Waals surface area (Å²) in [6.07, 6.45) is 0. The number of aromatic nitrogens is 1. The number of hydrogen-bond donors (Lipinski definition) is 3. The van der Waals surface area contributed by atoms with Crippen LogP contribution in [-0.2, 0) is 6.67 Å². The minimum absolute atomic E-state index is 0.0194. The first-order valence-corrected chi connectivity index (χ1v) is 5.75. The van der Waals surface area contributed by atoms with Gasteiger partial charge in [-0.05, 0) is 31.2 Å². The van der Waals surface area contributed by atoms with Crippen molar-refractivity contribution in [3.63, 3.8) is 0 Å². The van der Waals surface area contributed by atoms with Gasteiger partial charge in [0, 0.05) is 17.8 Å². The van der Waals surface area contributed by atoms with Gasteiger partial charge >= 0.3 is 0 Å². The highest BCUT2D eigenvalue weighted by Crippen LogP contribution is 2.21. The Labute approximate surface area is 105 Å². The molecule has 1 aromatic heterocycles.